The maximum atomic E-state index is 12.2. The third kappa shape index (κ3) is 10.7. The van der Waals surface area contributed by atoms with E-state index in [-0.39, 0.29) is 25.7 Å². The van der Waals surface area contributed by atoms with E-state index in [0.717, 1.165) is 0 Å². The second-order valence-corrected chi connectivity index (χ2v) is 6.02. The summed E-state index contributed by atoms with van der Waals surface area (Å²) in [5.41, 5.74) is 15.6. The number of primary amides is 2. The van der Waals surface area contributed by atoms with Crippen LogP contribution in [0.15, 0.2) is 0 Å². The third-order valence-electron chi connectivity index (χ3n) is 3.52. The van der Waals surface area contributed by atoms with E-state index in [4.69, 9.17) is 22.3 Å². The largest absolute Gasteiger partial charge is 0.480 e. The van der Waals surface area contributed by atoms with Crippen LogP contribution in [0.4, 0.5) is 0 Å². The first-order valence-corrected chi connectivity index (χ1v) is 8.36. The molecular weight excluding hydrogens is 376 g/mol. The van der Waals surface area contributed by atoms with Crippen molar-refractivity contribution in [1.82, 2.24) is 16.0 Å². The molecule has 0 heterocycles. The van der Waals surface area contributed by atoms with Gasteiger partial charge in [0.15, 0.2) is 0 Å². The quantitative estimate of drug-likeness (QED) is 0.160. The molecule has 0 aliphatic heterocycles. The summed E-state index contributed by atoms with van der Waals surface area (Å²) in [5.74, 6) is -4.93. The minimum absolute atomic E-state index is 0.00562. The zero-order valence-corrected chi connectivity index (χ0v) is 15.4. The number of carbonyl (C=O) groups excluding carboxylic acids is 5. The number of nitrogens with two attached hydrogens (primary N) is 3. The molecule has 0 aromatic heterocycles. The molecule has 0 saturated heterocycles. The van der Waals surface area contributed by atoms with E-state index in [9.17, 15) is 28.8 Å². The lowest BCUT2D eigenvalue weighted by atomic mass is 10.1. The van der Waals surface area contributed by atoms with E-state index in [2.05, 4.69) is 16.0 Å². The highest BCUT2D eigenvalue weighted by molar-refractivity contribution is 5.93. The summed E-state index contributed by atoms with van der Waals surface area (Å²) in [4.78, 5) is 68.3. The Morgan fingerprint density at radius 2 is 1.39 bits per heavy atom. The lowest BCUT2D eigenvalue weighted by Crippen LogP contribution is -2.55. The Balaban J connectivity index is 4.81. The number of hydrogen-bond donors (Lipinski definition) is 7. The van der Waals surface area contributed by atoms with Crippen molar-refractivity contribution in [1.29, 1.82) is 0 Å². The summed E-state index contributed by atoms with van der Waals surface area (Å²) in [7, 11) is 0. The van der Waals surface area contributed by atoms with Crippen molar-refractivity contribution >= 4 is 35.5 Å². The molecule has 0 aromatic rings. The molecule has 5 amide bonds. The SMILES string of the molecule is CC(NC(=O)C(N)CCC(N)=O)C(=O)NC(CCC(N)=O)C(=O)NCC(=O)O. The number of amides is 5. The first kappa shape index (κ1) is 24.8. The highest BCUT2D eigenvalue weighted by Crippen LogP contribution is 2.00. The average Bonchev–Trinajstić information content (AvgIpc) is 2.60. The second kappa shape index (κ2) is 12.2. The van der Waals surface area contributed by atoms with E-state index in [1.54, 1.807) is 0 Å². The molecule has 0 radical (unpaired) electrons. The minimum Gasteiger partial charge on any atom is -0.480 e. The van der Waals surface area contributed by atoms with Gasteiger partial charge in [0.25, 0.3) is 0 Å². The smallest absolute Gasteiger partial charge is 0.322 e. The van der Waals surface area contributed by atoms with Crippen LogP contribution >= 0.6 is 0 Å². The first-order chi connectivity index (χ1) is 12.9. The third-order valence-corrected chi connectivity index (χ3v) is 3.52. The summed E-state index contributed by atoms with van der Waals surface area (Å²) in [5, 5.41) is 15.3. The van der Waals surface area contributed by atoms with Gasteiger partial charge in [-0.2, -0.15) is 0 Å². The zero-order chi connectivity index (χ0) is 21.9. The van der Waals surface area contributed by atoms with Crippen LogP contribution in [0.3, 0.4) is 0 Å². The lowest BCUT2D eigenvalue weighted by molar-refractivity contribution is -0.138. The molecule has 0 aliphatic rings. The summed E-state index contributed by atoms with van der Waals surface area (Å²) in [6.07, 6.45) is -0.502. The number of rotatable bonds is 13. The maximum absolute atomic E-state index is 12.2. The highest BCUT2D eigenvalue weighted by atomic mass is 16.4. The summed E-state index contributed by atoms with van der Waals surface area (Å²) in [6.45, 7) is 0.650. The Kier molecular flexibility index (Phi) is 10.8. The maximum Gasteiger partial charge on any atom is 0.322 e. The van der Waals surface area contributed by atoms with Crippen molar-refractivity contribution in [2.24, 2.45) is 17.2 Å². The van der Waals surface area contributed by atoms with Gasteiger partial charge in [0.1, 0.15) is 18.6 Å². The molecule has 0 rings (SSSR count). The van der Waals surface area contributed by atoms with Gasteiger partial charge >= 0.3 is 5.97 Å². The fraction of sp³-hybridized carbons (Fsp3) is 0.600. The number of hydrogen-bond acceptors (Lipinski definition) is 7. The molecular formula is C15H26N6O7. The molecule has 0 aromatic carbocycles. The molecule has 0 spiro atoms. The van der Waals surface area contributed by atoms with Crippen molar-refractivity contribution in [3.63, 3.8) is 0 Å². The van der Waals surface area contributed by atoms with Crippen LogP contribution in [0.25, 0.3) is 0 Å². The normalized spacial score (nSPS) is 13.5. The standard InChI is InChI=1S/C15H26N6O7/c1-7(20-14(27)8(16)2-4-10(17)22)13(26)21-9(3-5-11(18)23)15(28)19-6-12(24)25/h7-9H,2-6,16H2,1H3,(H2,17,22)(H2,18,23)(H,19,28)(H,20,27)(H,21,26)(H,24,25). The number of carboxylic acids is 1. The Labute approximate surface area is 160 Å². The van der Waals surface area contributed by atoms with Gasteiger partial charge in [-0.15, -0.1) is 0 Å². The monoisotopic (exact) mass is 402 g/mol. The number of aliphatic carboxylic acids is 1. The van der Waals surface area contributed by atoms with Gasteiger partial charge in [0, 0.05) is 12.8 Å². The number of nitrogens with one attached hydrogen (secondary N) is 3. The Hall–Kier alpha value is -3.22. The number of carbonyl (C=O) groups is 6. The van der Waals surface area contributed by atoms with Crippen LogP contribution < -0.4 is 33.2 Å². The fourth-order valence-corrected chi connectivity index (χ4v) is 1.95. The van der Waals surface area contributed by atoms with Crippen LogP contribution in [-0.2, 0) is 28.8 Å². The van der Waals surface area contributed by atoms with Crippen LogP contribution in [-0.4, -0.2) is 65.3 Å². The van der Waals surface area contributed by atoms with Crippen LogP contribution in [0.2, 0.25) is 0 Å². The van der Waals surface area contributed by atoms with Gasteiger partial charge < -0.3 is 38.3 Å². The first-order valence-electron chi connectivity index (χ1n) is 8.36. The molecule has 158 valence electrons. The predicted octanol–water partition coefficient (Wildman–Crippen LogP) is -3.96. The molecule has 3 atom stereocenters. The summed E-state index contributed by atoms with van der Waals surface area (Å²) < 4.78 is 0. The molecule has 0 aliphatic carbocycles. The second-order valence-electron chi connectivity index (χ2n) is 6.02. The van der Waals surface area contributed by atoms with E-state index in [1.165, 1.54) is 6.92 Å². The molecule has 13 nitrogen and oxygen atoms in total. The Bertz CT molecular complexity index is 624. The molecule has 0 bridgehead atoms. The number of carboxylic acid groups (broad SMARTS) is 1. The van der Waals surface area contributed by atoms with Crippen molar-refractivity contribution < 1.29 is 33.9 Å². The summed E-state index contributed by atoms with van der Waals surface area (Å²) in [6, 6.07) is -3.40. The highest BCUT2D eigenvalue weighted by Gasteiger charge is 2.26. The summed E-state index contributed by atoms with van der Waals surface area (Å²) >= 11 is 0. The molecule has 0 saturated carbocycles. The molecule has 0 fully saturated rings. The van der Waals surface area contributed by atoms with Gasteiger partial charge in [-0.25, -0.2) is 0 Å². The fourth-order valence-electron chi connectivity index (χ4n) is 1.95. The molecule has 28 heavy (non-hydrogen) atoms. The lowest BCUT2D eigenvalue weighted by Gasteiger charge is -2.21. The predicted molar refractivity (Wildman–Crippen MR) is 95.0 cm³/mol. The topological polar surface area (TPSA) is 237 Å². The zero-order valence-electron chi connectivity index (χ0n) is 15.4. The molecule has 13 heteroatoms. The van der Waals surface area contributed by atoms with Gasteiger partial charge in [-0.1, -0.05) is 0 Å². The average molecular weight is 402 g/mol. The van der Waals surface area contributed by atoms with Crippen molar-refractivity contribution in [2.75, 3.05) is 6.54 Å². The van der Waals surface area contributed by atoms with Gasteiger partial charge in [0.2, 0.25) is 29.5 Å². The minimum atomic E-state index is -1.29. The van der Waals surface area contributed by atoms with E-state index in [0.29, 0.717) is 0 Å². The van der Waals surface area contributed by atoms with Gasteiger partial charge in [0.05, 0.1) is 6.04 Å². The van der Waals surface area contributed by atoms with Crippen LogP contribution in [0.1, 0.15) is 32.6 Å². The Morgan fingerprint density at radius 3 is 1.89 bits per heavy atom. The van der Waals surface area contributed by atoms with E-state index in [1.807, 2.05) is 0 Å². The van der Waals surface area contributed by atoms with Gasteiger partial charge in [-0.3, -0.25) is 28.8 Å². The van der Waals surface area contributed by atoms with Crippen molar-refractivity contribution in [3.8, 4) is 0 Å². The van der Waals surface area contributed by atoms with Gasteiger partial charge in [-0.05, 0) is 19.8 Å². The Morgan fingerprint density at radius 1 is 0.857 bits per heavy atom. The molecule has 10 N–H and O–H groups in total. The van der Waals surface area contributed by atoms with E-state index < -0.39 is 60.2 Å². The van der Waals surface area contributed by atoms with Crippen molar-refractivity contribution in [2.45, 2.75) is 50.7 Å². The van der Waals surface area contributed by atoms with Crippen LogP contribution in [0.5, 0.6) is 0 Å². The van der Waals surface area contributed by atoms with Crippen molar-refractivity contribution in [3.05, 3.63) is 0 Å². The molecule has 3 unspecified atom stereocenters. The van der Waals surface area contributed by atoms with E-state index >= 15 is 0 Å². The van der Waals surface area contributed by atoms with Crippen LogP contribution in [0, 0.1) is 0 Å².